The maximum Gasteiger partial charge on any atom is 0.417 e. The van der Waals surface area contributed by atoms with E-state index in [1.807, 2.05) is 25.1 Å². The van der Waals surface area contributed by atoms with Crippen LogP contribution in [-0.4, -0.2) is 60.1 Å². The molecule has 7 heteroatoms. The average molecular weight is 318 g/mol. The Kier molecular flexibility index (Phi) is 4.18. The molecule has 0 unspecified atom stereocenters. The van der Waals surface area contributed by atoms with E-state index in [0.29, 0.717) is 25.3 Å². The highest BCUT2D eigenvalue weighted by molar-refractivity contribution is 5.98. The van der Waals surface area contributed by atoms with Gasteiger partial charge in [0.15, 0.2) is 13.2 Å². The first-order valence-corrected chi connectivity index (χ1v) is 7.50. The van der Waals surface area contributed by atoms with Crippen LogP contribution in [0, 0.1) is 6.92 Å². The van der Waals surface area contributed by atoms with E-state index in [1.54, 1.807) is 11.0 Å². The number of amides is 3. The molecule has 0 spiro atoms. The zero-order chi connectivity index (χ0) is 16.4. The predicted octanol–water partition coefficient (Wildman–Crippen LogP) is 0.954. The first kappa shape index (κ1) is 15.3. The van der Waals surface area contributed by atoms with Gasteiger partial charge in [-0.1, -0.05) is 12.1 Å². The van der Waals surface area contributed by atoms with Crippen molar-refractivity contribution < 1.29 is 23.9 Å². The minimum absolute atomic E-state index is 0.0609. The number of imide groups is 1. The Morgan fingerprint density at radius 3 is 2.91 bits per heavy atom. The van der Waals surface area contributed by atoms with Gasteiger partial charge >= 0.3 is 6.09 Å². The van der Waals surface area contributed by atoms with Gasteiger partial charge in [-0.15, -0.1) is 0 Å². The van der Waals surface area contributed by atoms with Crippen molar-refractivity contribution in [3.8, 4) is 5.75 Å². The summed E-state index contributed by atoms with van der Waals surface area (Å²) in [6.07, 6.45) is -0.0536. The van der Waals surface area contributed by atoms with Crippen LogP contribution in [0.25, 0.3) is 0 Å². The highest BCUT2D eigenvalue weighted by atomic mass is 16.6. The molecule has 1 atom stereocenters. The van der Waals surface area contributed by atoms with Crippen molar-refractivity contribution in [3.63, 3.8) is 0 Å². The molecular weight excluding hydrogens is 300 g/mol. The van der Waals surface area contributed by atoms with Crippen LogP contribution >= 0.6 is 0 Å². The lowest BCUT2D eigenvalue weighted by Gasteiger charge is -2.20. The summed E-state index contributed by atoms with van der Waals surface area (Å²) in [5, 5.41) is 0. The van der Waals surface area contributed by atoms with Gasteiger partial charge < -0.3 is 14.4 Å². The number of aryl methyl sites for hydroxylation is 1. The van der Waals surface area contributed by atoms with Crippen LogP contribution in [0.15, 0.2) is 24.3 Å². The van der Waals surface area contributed by atoms with Gasteiger partial charge in [0.05, 0.1) is 6.04 Å². The summed E-state index contributed by atoms with van der Waals surface area (Å²) in [5.41, 5.74) is 1.06. The number of hydrogen-bond acceptors (Lipinski definition) is 5. The highest BCUT2D eigenvalue weighted by Gasteiger charge is 2.41. The Balaban J connectivity index is 1.53. The largest absolute Gasteiger partial charge is 0.484 e. The van der Waals surface area contributed by atoms with Gasteiger partial charge in [-0.05, 0) is 31.0 Å². The summed E-state index contributed by atoms with van der Waals surface area (Å²) in [7, 11) is 0. The summed E-state index contributed by atoms with van der Waals surface area (Å²) in [6, 6.07) is 7.17. The van der Waals surface area contributed by atoms with E-state index in [-0.39, 0.29) is 31.1 Å². The smallest absolute Gasteiger partial charge is 0.417 e. The Labute approximate surface area is 133 Å². The minimum Gasteiger partial charge on any atom is -0.484 e. The molecule has 3 amide bonds. The van der Waals surface area contributed by atoms with Crippen molar-refractivity contribution >= 4 is 17.9 Å². The normalized spacial score (nSPS) is 20.8. The second-order valence-corrected chi connectivity index (χ2v) is 5.71. The molecule has 0 saturated carbocycles. The number of carbonyl (C=O) groups excluding carboxylic acids is 3. The fourth-order valence-corrected chi connectivity index (χ4v) is 2.84. The molecule has 2 heterocycles. The number of cyclic esters (lactones) is 1. The monoisotopic (exact) mass is 318 g/mol. The minimum atomic E-state index is -0.620. The molecular formula is C16H18N2O5. The molecule has 0 N–H and O–H groups in total. The lowest BCUT2D eigenvalue weighted by atomic mass is 10.2. The van der Waals surface area contributed by atoms with Crippen molar-refractivity contribution in [2.45, 2.75) is 19.4 Å². The predicted molar refractivity (Wildman–Crippen MR) is 79.9 cm³/mol. The lowest BCUT2D eigenvalue weighted by Crippen LogP contribution is -2.42. The zero-order valence-corrected chi connectivity index (χ0v) is 12.9. The van der Waals surface area contributed by atoms with Gasteiger partial charge in [0, 0.05) is 13.1 Å². The van der Waals surface area contributed by atoms with Crippen LogP contribution in [0.5, 0.6) is 5.75 Å². The van der Waals surface area contributed by atoms with Crippen molar-refractivity contribution in [3.05, 3.63) is 29.8 Å². The molecule has 23 heavy (non-hydrogen) atoms. The molecule has 0 bridgehead atoms. The summed E-state index contributed by atoms with van der Waals surface area (Å²) < 4.78 is 10.2. The number of ether oxygens (including phenoxy) is 2. The van der Waals surface area contributed by atoms with Crippen LogP contribution < -0.4 is 4.74 Å². The quantitative estimate of drug-likeness (QED) is 0.826. The molecule has 2 aliphatic rings. The first-order chi connectivity index (χ1) is 11.0. The third kappa shape index (κ3) is 3.28. The second-order valence-electron chi connectivity index (χ2n) is 5.71. The SMILES string of the molecule is Cc1cccc(OCC(=O)N2CC[C@H](N3C(=O)COC3=O)C2)c1. The van der Waals surface area contributed by atoms with E-state index in [4.69, 9.17) is 9.47 Å². The van der Waals surface area contributed by atoms with E-state index in [0.717, 1.165) is 10.5 Å². The van der Waals surface area contributed by atoms with Crippen LogP contribution in [-0.2, 0) is 14.3 Å². The maximum atomic E-state index is 12.2. The van der Waals surface area contributed by atoms with E-state index < -0.39 is 6.09 Å². The topological polar surface area (TPSA) is 76.2 Å². The van der Waals surface area contributed by atoms with E-state index >= 15 is 0 Å². The molecule has 0 radical (unpaired) electrons. The molecule has 2 aliphatic heterocycles. The Bertz CT molecular complexity index is 629. The van der Waals surface area contributed by atoms with Crippen LogP contribution in [0.2, 0.25) is 0 Å². The standard InChI is InChI=1S/C16H18N2O5/c1-11-3-2-4-13(7-11)22-9-14(19)17-6-5-12(8-17)18-15(20)10-23-16(18)21/h2-4,7,12H,5-6,8-10H2,1H3/t12-/m0/s1. The number of benzene rings is 1. The van der Waals surface area contributed by atoms with Gasteiger partial charge in [-0.25, -0.2) is 9.69 Å². The molecule has 0 aromatic heterocycles. The maximum absolute atomic E-state index is 12.2. The molecule has 1 aromatic rings. The first-order valence-electron chi connectivity index (χ1n) is 7.50. The van der Waals surface area contributed by atoms with Gasteiger partial charge in [0.25, 0.3) is 11.8 Å². The molecule has 0 aliphatic carbocycles. The van der Waals surface area contributed by atoms with E-state index in [2.05, 4.69) is 0 Å². The molecule has 2 fully saturated rings. The fourth-order valence-electron chi connectivity index (χ4n) is 2.84. The van der Waals surface area contributed by atoms with Crippen LogP contribution in [0.3, 0.4) is 0 Å². The molecule has 3 rings (SSSR count). The third-order valence-corrected chi connectivity index (χ3v) is 4.02. The van der Waals surface area contributed by atoms with Crippen molar-refractivity contribution in [2.75, 3.05) is 26.3 Å². The van der Waals surface area contributed by atoms with Crippen molar-refractivity contribution in [1.29, 1.82) is 0 Å². The number of nitrogens with zero attached hydrogens (tertiary/aromatic N) is 2. The number of likely N-dealkylation sites (tertiary alicyclic amines) is 1. The van der Waals surface area contributed by atoms with Gasteiger partial charge in [-0.3, -0.25) is 9.59 Å². The summed E-state index contributed by atoms with van der Waals surface area (Å²) in [4.78, 5) is 38.1. The van der Waals surface area contributed by atoms with E-state index in [9.17, 15) is 14.4 Å². The molecule has 7 nitrogen and oxygen atoms in total. The number of hydrogen-bond donors (Lipinski definition) is 0. The molecule has 1 aromatic carbocycles. The summed E-state index contributed by atoms with van der Waals surface area (Å²) in [6.45, 7) is 2.51. The van der Waals surface area contributed by atoms with Gasteiger partial charge in [0.1, 0.15) is 5.75 Å². The van der Waals surface area contributed by atoms with Crippen molar-refractivity contribution in [1.82, 2.24) is 9.80 Å². The van der Waals surface area contributed by atoms with Gasteiger partial charge in [-0.2, -0.15) is 0 Å². The fraction of sp³-hybridized carbons (Fsp3) is 0.438. The number of carbonyl (C=O) groups is 3. The van der Waals surface area contributed by atoms with Crippen LogP contribution in [0.4, 0.5) is 4.79 Å². The van der Waals surface area contributed by atoms with E-state index in [1.165, 1.54) is 0 Å². The highest BCUT2D eigenvalue weighted by Crippen LogP contribution is 2.20. The number of rotatable bonds is 4. The average Bonchev–Trinajstić information content (AvgIpc) is 3.12. The Morgan fingerprint density at radius 2 is 2.22 bits per heavy atom. The zero-order valence-electron chi connectivity index (χ0n) is 12.9. The Hall–Kier alpha value is -2.57. The van der Waals surface area contributed by atoms with Crippen LogP contribution in [0.1, 0.15) is 12.0 Å². The summed E-state index contributed by atoms with van der Waals surface area (Å²) in [5.74, 6) is 0.145. The molecule has 122 valence electrons. The van der Waals surface area contributed by atoms with Gasteiger partial charge in [0.2, 0.25) is 0 Å². The lowest BCUT2D eigenvalue weighted by molar-refractivity contribution is -0.133. The second kappa shape index (κ2) is 6.28. The third-order valence-electron chi connectivity index (χ3n) is 4.02. The van der Waals surface area contributed by atoms with Crippen molar-refractivity contribution in [2.24, 2.45) is 0 Å². The summed E-state index contributed by atoms with van der Waals surface area (Å²) >= 11 is 0. The molecule has 2 saturated heterocycles. The Morgan fingerprint density at radius 1 is 1.39 bits per heavy atom.